The monoisotopic (exact) mass is 527 g/mol. The van der Waals surface area contributed by atoms with E-state index in [1.165, 1.54) is 6.07 Å². The predicted octanol–water partition coefficient (Wildman–Crippen LogP) is 5.55. The Morgan fingerprint density at radius 2 is 1.89 bits per heavy atom. The zero-order chi connectivity index (χ0) is 20.9. The van der Waals surface area contributed by atoms with Crippen molar-refractivity contribution in [1.82, 2.24) is 4.90 Å². The first-order valence-electron chi connectivity index (χ1n) is 8.08. The number of carbonyl (C=O) groups is 1. The number of ether oxygens (including phenoxy) is 1. The van der Waals surface area contributed by atoms with Gasteiger partial charge in [0.05, 0.1) is 14.8 Å². The lowest BCUT2D eigenvalue weighted by Gasteiger charge is -2.16. The van der Waals surface area contributed by atoms with Crippen LogP contribution in [-0.2, 0) is 6.18 Å². The fourth-order valence-corrected chi connectivity index (χ4v) is 2.84. The molecule has 0 saturated carbocycles. The zero-order valence-corrected chi connectivity index (χ0v) is 17.9. The van der Waals surface area contributed by atoms with Gasteiger partial charge in [0, 0.05) is 23.3 Å². The number of alkyl halides is 3. The van der Waals surface area contributed by atoms with Crippen LogP contribution in [0.15, 0.2) is 36.4 Å². The Labute approximate surface area is 179 Å². The van der Waals surface area contributed by atoms with Crippen LogP contribution in [0.4, 0.5) is 29.3 Å². The first kappa shape index (κ1) is 22.6. The fraction of sp³-hybridized carbons (Fsp3) is 0.278. The van der Waals surface area contributed by atoms with Gasteiger partial charge in [0.2, 0.25) is 0 Å². The Balaban J connectivity index is 2.10. The number of likely N-dealkylation sites (N-methyl/N-ethyl adjacent to an activating group) is 1. The van der Waals surface area contributed by atoms with E-state index in [4.69, 9.17) is 16.3 Å². The van der Waals surface area contributed by atoms with Crippen molar-refractivity contribution < 1.29 is 22.7 Å². The van der Waals surface area contributed by atoms with Crippen LogP contribution in [-0.4, -0.2) is 38.2 Å². The highest BCUT2D eigenvalue weighted by Gasteiger charge is 2.34. The van der Waals surface area contributed by atoms with Gasteiger partial charge in [-0.15, -0.1) is 0 Å². The quantitative estimate of drug-likeness (QED) is 0.485. The van der Waals surface area contributed by atoms with Gasteiger partial charge in [0.25, 0.3) is 0 Å². The smallest absolute Gasteiger partial charge is 0.418 e. The topological polar surface area (TPSA) is 53.6 Å². The molecule has 0 aromatic heterocycles. The number of nitrogens with zero attached hydrogens (tertiary/aromatic N) is 1. The van der Waals surface area contributed by atoms with E-state index in [-0.39, 0.29) is 10.7 Å². The summed E-state index contributed by atoms with van der Waals surface area (Å²) in [6.07, 6.45) is -4.65. The third-order valence-corrected chi connectivity index (χ3v) is 4.65. The molecule has 10 heteroatoms. The van der Waals surface area contributed by atoms with Crippen LogP contribution >= 0.6 is 34.2 Å². The second-order valence-corrected chi connectivity index (χ2v) is 7.66. The standard InChI is InChI=1S/C18H18ClF3IN3O2/c1-26(2)7-8-28-16-10-12(4-5-14(16)23)24-17(27)25-15-6-3-11(19)9-13(15)18(20,21)22/h3-6,9-10H,7-8H2,1-2H3,(H2,24,25,27). The van der Waals surface area contributed by atoms with E-state index in [2.05, 4.69) is 33.2 Å². The number of hydrogen-bond donors (Lipinski definition) is 2. The maximum absolute atomic E-state index is 13.1. The third kappa shape index (κ3) is 6.71. The van der Waals surface area contributed by atoms with Crippen molar-refractivity contribution in [2.75, 3.05) is 37.9 Å². The first-order chi connectivity index (χ1) is 13.1. The largest absolute Gasteiger partial charge is 0.491 e. The molecule has 0 aliphatic heterocycles. The second-order valence-electron chi connectivity index (χ2n) is 6.06. The van der Waals surface area contributed by atoms with E-state index in [9.17, 15) is 18.0 Å². The molecule has 0 fully saturated rings. The average molecular weight is 528 g/mol. The molecule has 0 aliphatic rings. The maximum atomic E-state index is 13.1. The second kappa shape index (κ2) is 9.66. The number of amides is 2. The Kier molecular flexibility index (Phi) is 7.79. The van der Waals surface area contributed by atoms with Crippen molar-refractivity contribution >= 4 is 51.6 Å². The van der Waals surface area contributed by atoms with Gasteiger partial charge in [-0.25, -0.2) is 4.79 Å². The van der Waals surface area contributed by atoms with E-state index in [1.54, 1.807) is 18.2 Å². The Morgan fingerprint density at radius 3 is 2.54 bits per heavy atom. The summed E-state index contributed by atoms with van der Waals surface area (Å²) >= 11 is 7.73. The van der Waals surface area contributed by atoms with E-state index in [0.29, 0.717) is 24.6 Å². The molecule has 5 nitrogen and oxygen atoms in total. The number of benzene rings is 2. The highest BCUT2D eigenvalue weighted by atomic mass is 127. The predicted molar refractivity (Wildman–Crippen MR) is 112 cm³/mol. The molecule has 0 unspecified atom stereocenters. The lowest BCUT2D eigenvalue weighted by atomic mass is 10.1. The van der Waals surface area contributed by atoms with Gasteiger partial charge in [-0.05, 0) is 67.0 Å². The summed E-state index contributed by atoms with van der Waals surface area (Å²) < 4.78 is 45.9. The maximum Gasteiger partial charge on any atom is 0.418 e. The van der Waals surface area contributed by atoms with E-state index < -0.39 is 17.8 Å². The van der Waals surface area contributed by atoms with Crippen molar-refractivity contribution in [3.05, 3.63) is 50.6 Å². The lowest BCUT2D eigenvalue weighted by Crippen LogP contribution is -2.22. The van der Waals surface area contributed by atoms with Crippen LogP contribution in [0.5, 0.6) is 5.75 Å². The van der Waals surface area contributed by atoms with Gasteiger partial charge in [0.1, 0.15) is 12.4 Å². The molecule has 0 spiro atoms. The van der Waals surface area contributed by atoms with Crippen LogP contribution in [0.25, 0.3) is 0 Å². The van der Waals surface area contributed by atoms with E-state index in [1.807, 2.05) is 19.0 Å². The van der Waals surface area contributed by atoms with Gasteiger partial charge >= 0.3 is 12.2 Å². The molecule has 0 aliphatic carbocycles. The Morgan fingerprint density at radius 1 is 1.18 bits per heavy atom. The summed E-state index contributed by atoms with van der Waals surface area (Å²) in [6, 6.07) is 7.32. The summed E-state index contributed by atoms with van der Waals surface area (Å²) in [5, 5.41) is 4.64. The SMILES string of the molecule is CN(C)CCOc1cc(NC(=O)Nc2ccc(Cl)cc2C(F)(F)F)ccc1I. The molecule has 2 aromatic rings. The summed E-state index contributed by atoms with van der Waals surface area (Å²) in [4.78, 5) is 14.1. The fourth-order valence-electron chi connectivity index (χ4n) is 2.17. The summed E-state index contributed by atoms with van der Waals surface area (Å²) in [7, 11) is 3.84. The Hall–Kier alpha value is -1.72. The number of rotatable bonds is 6. The number of halogens is 5. The molecule has 2 aromatic carbocycles. The Bertz CT molecular complexity index is 847. The minimum atomic E-state index is -4.65. The molecule has 2 rings (SSSR count). The van der Waals surface area contributed by atoms with Crippen molar-refractivity contribution in [1.29, 1.82) is 0 Å². The van der Waals surface area contributed by atoms with Gasteiger partial charge in [-0.1, -0.05) is 11.6 Å². The molecule has 0 bridgehead atoms. The summed E-state index contributed by atoms with van der Waals surface area (Å²) in [6.45, 7) is 1.17. The first-order valence-corrected chi connectivity index (χ1v) is 9.54. The highest BCUT2D eigenvalue weighted by molar-refractivity contribution is 14.1. The summed E-state index contributed by atoms with van der Waals surface area (Å²) in [5.74, 6) is 0.572. The molecule has 28 heavy (non-hydrogen) atoms. The van der Waals surface area contributed by atoms with Crippen LogP contribution in [0, 0.1) is 3.57 Å². The minimum Gasteiger partial charge on any atom is -0.491 e. The molecule has 0 heterocycles. The van der Waals surface area contributed by atoms with E-state index >= 15 is 0 Å². The molecular formula is C18H18ClF3IN3O2. The molecular weight excluding hydrogens is 510 g/mol. The minimum absolute atomic E-state index is 0.0737. The van der Waals surface area contributed by atoms with Gasteiger partial charge in [-0.3, -0.25) is 0 Å². The van der Waals surface area contributed by atoms with Gasteiger partial charge < -0.3 is 20.3 Å². The van der Waals surface area contributed by atoms with Gasteiger partial charge in [-0.2, -0.15) is 13.2 Å². The van der Waals surface area contributed by atoms with Crippen molar-refractivity contribution in [2.45, 2.75) is 6.18 Å². The van der Waals surface area contributed by atoms with Crippen molar-refractivity contribution in [2.24, 2.45) is 0 Å². The molecule has 0 radical (unpaired) electrons. The zero-order valence-electron chi connectivity index (χ0n) is 15.0. The molecule has 0 saturated heterocycles. The number of anilines is 2. The normalized spacial score (nSPS) is 11.4. The van der Waals surface area contributed by atoms with Crippen LogP contribution in [0.1, 0.15) is 5.56 Å². The molecule has 0 atom stereocenters. The van der Waals surface area contributed by atoms with Crippen molar-refractivity contribution in [3.63, 3.8) is 0 Å². The lowest BCUT2D eigenvalue weighted by molar-refractivity contribution is -0.136. The molecule has 152 valence electrons. The molecule has 2 amide bonds. The average Bonchev–Trinajstić information content (AvgIpc) is 2.58. The number of urea groups is 1. The number of nitrogens with one attached hydrogen (secondary N) is 2. The summed E-state index contributed by atoms with van der Waals surface area (Å²) in [5.41, 5.74) is -1.02. The van der Waals surface area contributed by atoms with Crippen LogP contribution in [0.2, 0.25) is 5.02 Å². The van der Waals surface area contributed by atoms with E-state index in [0.717, 1.165) is 15.7 Å². The third-order valence-electron chi connectivity index (χ3n) is 3.52. The van der Waals surface area contributed by atoms with Crippen LogP contribution in [0.3, 0.4) is 0 Å². The number of carbonyl (C=O) groups excluding carboxylic acids is 1. The number of hydrogen-bond acceptors (Lipinski definition) is 3. The molecule has 2 N–H and O–H groups in total. The highest BCUT2D eigenvalue weighted by Crippen LogP contribution is 2.36. The van der Waals surface area contributed by atoms with Crippen molar-refractivity contribution in [3.8, 4) is 5.75 Å². The van der Waals surface area contributed by atoms with Crippen LogP contribution < -0.4 is 15.4 Å². The van der Waals surface area contributed by atoms with Gasteiger partial charge in [0.15, 0.2) is 0 Å².